The third kappa shape index (κ3) is 3.39. The van der Waals surface area contributed by atoms with Gasteiger partial charge in [-0.05, 0) is 19.3 Å². The van der Waals surface area contributed by atoms with Crippen LogP contribution < -0.4 is 15.5 Å². The number of carbonyl (C=O) groups is 1. The van der Waals surface area contributed by atoms with E-state index in [-0.39, 0.29) is 11.7 Å². The van der Waals surface area contributed by atoms with Crippen molar-refractivity contribution in [2.75, 3.05) is 24.4 Å². The monoisotopic (exact) mass is 398 g/mol. The fourth-order valence-corrected chi connectivity index (χ4v) is 4.19. The van der Waals surface area contributed by atoms with Crippen molar-refractivity contribution in [2.24, 2.45) is 0 Å². The van der Waals surface area contributed by atoms with E-state index in [1.165, 1.54) is 26.2 Å². The highest BCUT2D eigenvalue weighted by molar-refractivity contribution is 5.87. The second kappa shape index (κ2) is 8.06. The van der Waals surface area contributed by atoms with E-state index >= 15 is 0 Å². The first kappa shape index (κ1) is 19.2. The fraction of sp³-hybridized carbons (Fsp3) is 0.526. The number of likely N-dealkylation sites (N-methyl/N-ethyl adjacent to an activating group) is 1. The molecule has 29 heavy (non-hydrogen) atoms. The van der Waals surface area contributed by atoms with Crippen molar-refractivity contribution in [3.8, 4) is 5.69 Å². The van der Waals surface area contributed by atoms with Crippen molar-refractivity contribution in [1.29, 1.82) is 0 Å². The summed E-state index contributed by atoms with van der Waals surface area (Å²) >= 11 is 0. The average Bonchev–Trinajstić information content (AvgIpc) is 3.44. The molecule has 0 saturated heterocycles. The van der Waals surface area contributed by atoms with Crippen molar-refractivity contribution >= 4 is 17.7 Å². The van der Waals surface area contributed by atoms with Gasteiger partial charge in [0.25, 0.3) is 0 Å². The van der Waals surface area contributed by atoms with E-state index in [0.717, 1.165) is 36.6 Å². The molecule has 1 aliphatic carbocycles. The van der Waals surface area contributed by atoms with Crippen LogP contribution in [0.15, 0.2) is 24.4 Å². The molecule has 0 spiro atoms. The summed E-state index contributed by atoms with van der Waals surface area (Å²) in [4.78, 5) is 23.4. The van der Waals surface area contributed by atoms with Gasteiger partial charge in [0, 0.05) is 19.3 Å². The molecule has 10 nitrogen and oxygen atoms in total. The third-order valence-corrected chi connectivity index (χ3v) is 5.59. The van der Waals surface area contributed by atoms with Gasteiger partial charge in [0.1, 0.15) is 17.7 Å². The van der Waals surface area contributed by atoms with Crippen LogP contribution in [-0.4, -0.2) is 50.9 Å². The predicted molar refractivity (Wildman–Crippen MR) is 107 cm³/mol. The lowest BCUT2D eigenvalue weighted by atomic mass is 10.0. The number of rotatable bonds is 6. The number of fused-ring (bicyclic) bond motifs is 3. The maximum absolute atomic E-state index is 11.8. The first-order valence-electron chi connectivity index (χ1n) is 9.96. The van der Waals surface area contributed by atoms with Crippen molar-refractivity contribution in [2.45, 2.75) is 51.1 Å². The molecule has 0 radical (unpaired) electrons. The molecule has 0 bridgehead atoms. The van der Waals surface area contributed by atoms with Crippen LogP contribution in [0.1, 0.15) is 50.9 Å². The van der Waals surface area contributed by atoms with Gasteiger partial charge in [-0.25, -0.2) is 9.78 Å². The summed E-state index contributed by atoms with van der Waals surface area (Å²) < 4.78 is 6.72. The average molecular weight is 398 g/mol. The van der Waals surface area contributed by atoms with Crippen LogP contribution in [0.4, 0.5) is 11.8 Å². The maximum Gasteiger partial charge on any atom is 0.355 e. The summed E-state index contributed by atoms with van der Waals surface area (Å²) in [6, 6.07) is 0.541. The van der Waals surface area contributed by atoms with E-state index in [1.807, 2.05) is 4.57 Å². The Hall–Kier alpha value is -3.17. The van der Waals surface area contributed by atoms with Crippen LogP contribution in [0.5, 0.6) is 0 Å². The summed E-state index contributed by atoms with van der Waals surface area (Å²) in [5.41, 5.74) is 1.16. The first-order valence-corrected chi connectivity index (χ1v) is 9.96. The van der Waals surface area contributed by atoms with Crippen molar-refractivity contribution in [3.63, 3.8) is 0 Å². The molecule has 2 aliphatic rings. The zero-order valence-electron chi connectivity index (χ0n) is 16.9. The lowest BCUT2D eigenvalue weighted by molar-refractivity contribution is -0.136. The zero-order valence-corrected chi connectivity index (χ0v) is 16.9. The minimum absolute atomic E-state index is 0.120. The number of nitrogens with one attached hydrogen (secondary N) is 2. The van der Waals surface area contributed by atoms with Crippen LogP contribution in [0.2, 0.25) is 0 Å². The number of methoxy groups -OCH3 is 1. The molecule has 3 heterocycles. The standard InChI is InChI=1S/C19H26N8O2/c1-4-14-17-25-23-11-26(17)15-10-22-19(21-9-13(20-2)18(28)29-3)24-16(15)27(14)12-7-5-6-8-12/h9-12,14,20H,4-8H2,1-3H3,(H,21,22,24)/b13-9-/t14-/m1/s1. The predicted octanol–water partition coefficient (Wildman–Crippen LogP) is 1.92. The Balaban J connectivity index is 1.73. The number of esters is 1. The Morgan fingerprint density at radius 2 is 2.17 bits per heavy atom. The molecular weight excluding hydrogens is 372 g/mol. The Labute approximate surface area is 169 Å². The molecule has 1 fully saturated rings. The lowest BCUT2D eigenvalue weighted by Crippen LogP contribution is -2.42. The Bertz CT molecular complexity index is 919. The molecule has 1 aliphatic heterocycles. The van der Waals surface area contributed by atoms with Gasteiger partial charge in [-0.1, -0.05) is 19.8 Å². The number of nitrogens with zero attached hydrogens (tertiary/aromatic N) is 6. The van der Waals surface area contributed by atoms with Gasteiger partial charge >= 0.3 is 5.97 Å². The Kier molecular flexibility index (Phi) is 5.32. The van der Waals surface area contributed by atoms with E-state index in [9.17, 15) is 4.79 Å². The quantitative estimate of drug-likeness (QED) is 0.557. The summed E-state index contributed by atoms with van der Waals surface area (Å²) in [5.74, 6) is 1.74. The van der Waals surface area contributed by atoms with Gasteiger partial charge in [-0.3, -0.25) is 4.57 Å². The number of aromatic nitrogens is 5. The lowest BCUT2D eigenvalue weighted by Gasteiger charge is -2.40. The summed E-state index contributed by atoms with van der Waals surface area (Å²) in [6.07, 6.45) is 10.6. The van der Waals surface area contributed by atoms with E-state index < -0.39 is 5.97 Å². The molecule has 2 N–H and O–H groups in total. The van der Waals surface area contributed by atoms with Gasteiger partial charge in [0.2, 0.25) is 5.95 Å². The molecule has 10 heteroatoms. The number of ether oxygens (including phenoxy) is 1. The topological polar surface area (TPSA) is 110 Å². The van der Waals surface area contributed by atoms with Gasteiger partial charge < -0.3 is 20.3 Å². The summed E-state index contributed by atoms with van der Waals surface area (Å²) in [6.45, 7) is 2.16. The second-order valence-corrected chi connectivity index (χ2v) is 7.18. The highest BCUT2D eigenvalue weighted by Crippen LogP contribution is 2.42. The molecule has 1 saturated carbocycles. The van der Waals surface area contributed by atoms with E-state index in [0.29, 0.717) is 12.0 Å². The normalized spacial score (nSPS) is 18.9. The second-order valence-electron chi connectivity index (χ2n) is 7.18. The molecule has 2 aromatic heterocycles. The van der Waals surface area contributed by atoms with Crippen LogP contribution in [-0.2, 0) is 9.53 Å². The van der Waals surface area contributed by atoms with Gasteiger partial charge in [-0.2, -0.15) is 4.98 Å². The van der Waals surface area contributed by atoms with Crippen molar-refractivity contribution in [1.82, 2.24) is 30.0 Å². The molecule has 0 aromatic carbocycles. The summed E-state index contributed by atoms with van der Waals surface area (Å²) in [7, 11) is 2.99. The van der Waals surface area contributed by atoms with Crippen LogP contribution in [0.25, 0.3) is 5.69 Å². The van der Waals surface area contributed by atoms with Crippen LogP contribution >= 0.6 is 0 Å². The highest BCUT2D eigenvalue weighted by Gasteiger charge is 2.38. The largest absolute Gasteiger partial charge is 0.464 e. The first-order chi connectivity index (χ1) is 14.2. The van der Waals surface area contributed by atoms with Crippen molar-refractivity contribution in [3.05, 3.63) is 30.2 Å². The van der Waals surface area contributed by atoms with Crippen molar-refractivity contribution < 1.29 is 9.53 Å². The van der Waals surface area contributed by atoms with Gasteiger partial charge in [0.15, 0.2) is 11.6 Å². The minimum atomic E-state index is -0.467. The Morgan fingerprint density at radius 1 is 1.38 bits per heavy atom. The number of carbonyl (C=O) groups excluding carboxylic acids is 1. The minimum Gasteiger partial charge on any atom is -0.464 e. The number of anilines is 2. The molecule has 4 rings (SSSR count). The summed E-state index contributed by atoms with van der Waals surface area (Å²) in [5, 5.41) is 14.3. The molecular formula is C19H26N8O2. The maximum atomic E-state index is 11.8. The highest BCUT2D eigenvalue weighted by atomic mass is 16.5. The third-order valence-electron chi connectivity index (χ3n) is 5.59. The zero-order chi connectivity index (χ0) is 20.4. The Morgan fingerprint density at radius 3 is 2.86 bits per heavy atom. The van der Waals surface area contributed by atoms with Gasteiger partial charge in [-0.15, -0.1) is 10.2 Å². The number of hydrogen-bond acceptors (Lipinski definition) is 9. The molecule has 2 aromatic rings. The van der Waals surface area contributed by atoms with E-state index in [2.05, 4.69) is 37.6 Å². The molecule has 0 unspecified atom stereocenters. The number of hydrogen-bond donors (Lipinski definition) is 2. The molecule has 1 atom stereocenters. The van der Waals surface area contributed by atoms with Crippen LogP contribution in [0.3, 0.4) is 0 Å². The molecule has 154 valence electrons. The van der Waals surface area contributed by atoms with Crippen LogP contribution in [0, 0.1) is 0 Å². The fourth-order valence-electron chi connectivity index (χ4n) is 4.19. The van der Waals surface area contributed by atoms with E-state index in [4.69, 9.17) is 9.72 Å². The van der Waals surface area contributed by atoms with Gasteiger partial charge in [0.05, 0.1) is 19.3 Å². The van der Waals surface area contributed by atoms with E-state index in [1.54, 1.807) is 19.6 Å². The SMILES string of the molecule is CC[C@@H]1c2nncn2-c2cnc(N/C=C(\NC)C(=O)OC)nc2N1C1CCCC1. The molecule has 0 amide bonds. The smallest absolute Gasteiger partial charge is 0.355 e.